The third kappa shape index (κ3) is 3.84. The van der Waals surface area contributed by atoms with Crippen molar-refractivity contribution in [2.24, 2.45) is 0 Å². The smallest absolute Gasteiger partial charge is 0.278 e. The van der Waals surface area contributed by atoms with E-state index in [0.29, 0.717) is 17.4 Å². The highest BCUT2D eigenvalue weighted by Crippen LogP contribution is 2.33. The molecule has 0 fully saturated rings. The largest absolute Gasteiger partial charge is 0.497 e. The molecule has 0 N–H and O–H groups in total. The molecule has 0 aliphatic heterocycles. The molecule has 8 heteroatoms. The van der Waals surface area contributed by atoms with E-state index < -0.39 is 0 Å². The Labute approximate surface area is 172 Å². The van der Waals surface area contributed by atoms with Crippen LogP contribution in [-0.2, 0) is 6.54 Å². The highest BCUT2D eigenvalue weighted by Gasteiger charge is 2.25. The fraction of sp³-hybridized carbons (Fsp3) is 0.238. The number of benzene rings is 1. The molecule has 0 radical (unpaired) electrons. The van der Waals surface area contributed by atoms with Crippen molar-refractivity contribution >= 4 is 32.6 Å². The molecule has 0 unspecified atom stereocenters. The number of fused-ring (bicyclic) bond motifs is 1. The van der Waals surface area contributed by atoms with Gasteiger partial charge >= 0.3 is 0 Å². The second-order valence-electron chi connectivity index (χ2n) is 6.80. The van der Waals surface area contributed by atoms with Crippen LogP contribution in [0.2, 0.25) is 0 Å². The molecule has 3 aromatic heterocycles. The summed E-state index contributed by atoms with van der Waals surface area (Å²) in [5, 5.41) is 4.92. The van der Waals surface area contributed by atoms with Crippen LogP contribution >= 0.6 is 11.3 Å². The zero-order valence-electron chi connectivity index (χ0n) is 16.4. The summed E-state index contributed by atoms with van der Waals surface area (Å²) in [5.74, 6) is 0.598. The number of thiazole rings is 1. The Morgan fingerprint density at radius 2 is 2.07 bits per heavy atom. The van der Waals surface area contributed by atoms with Crippen molar-refractivity contribution in [2.45, 2.75) is 26.4 Å². The van der Waals surface area contributed by atoms with Crippen LogP contribution in [0.1, 0.15) is 36.1 Å². The van der Waals surface area contributed by atoms with Crippen molar-refractivity contribution in [1.29, 1.82) is 0 Å². The lowest BCUT2D eigenvalue weighted by atomic mass is 10.3. The summed E-state index contributed by atoms with van der Waals surface area (Å²) in [6.07, 6.45) is 3.37. The number of carbonyl (C=O) groups is 1. The maximum atomic E-state index is 13.5. The molecular weight excluding hydrogens is 386 g/mol. The van der Waals surface area contributed by atoms with Crippen molar-refractivity contribution in [3.63, 3.8) is 0 Å². The molecule has 0 saturated carbocycles. The van der Waals surface area contributed by atoms with E-state index in [1.807, 2.05) is 50.2 Å². The van der Waals surface area contributed by atoms with Crippen LogP contribution in [0, 0.1) is 0 Å². The van der Waals surface area contributed by atoms with Gasteiger partial charge in [0.1, 0.15) is 11.4 Å². The van der Waals surface area contributed by atoms with Crippen LogP contribution in [0.25, 0.3) is 10.2 Å². The monoisotopic (exact) mass is 407 g/mol. The van der Waals surface area contributed by atoms with Gasteiger partial charge in [-0.15, -0.1) is 0 Å². The van der Waals surface area contributed by atoms with Crippen LogP contribution in [0.3, 0.4) is 0 Å². The minimum Gasteiger partial charge on any atom is -0.497 e. The van der Waals surface area contributed by atoms with Crippen LogP contribution in [-0.4, -0.2) is 32.8 Å². The Bertz CT molecular complexity index is 1140. The Morgan fingerprint density at radius 3 is 2.79 bits per heavy atom. The lowest BCUT2D eigenvalue weighted by Crippen LogP contribution is -2.32. The number of carbonyl (C=O) groups excluding carboxylic acids is 1. The van der Waals surface area contributed by atoms with Gasteiger partial charge in [0, 0.05) is 18.4 Å². The molecule has 0 spiro atoms. The molecule has 0 atom stereocenters. The van der Waals surface area contributed by atoms with Gasteiger partial charge in [-0.25, -0.2) is 4.98 Å². The van der Waals surface area contributed by atoms with Gasteiger partial charge in [-0.1, -0.05) is 17.4 Å². The summed E-state index contributed by atoms with van der Waals surface area (Å²) in [4.78, 5) is 24.3. The van der Waals surface area contributed by atoms with Crippen molar-refractivity contribution in [3.05, 3.63) is 66.2 Å². The standard InChI is InChI=1S/C21H21N5O2S/c1-14(2)26-18(9-11-23-26)20(27)25(13-15-6-4-5-10-22-15)21-24-17-8-7-16(28-3)12-19(17)29-21/h4-12,14H,13H2,1-3H3. The molecule has 0 saturated heterocycles. The van der Waals surface area contributed by atoms with E-state index in [1.54, 1.807) is 35.2 Å². The first-order valence-corrected chi connectivity index (χ1v) is 10.1. The Morgan fingerprint density at radius 1 is 1.21 bits per heavy atom. The summed E-state index contributed by atoms with van der Waals surface area (Å²) < 4.78 is 7.99. The first-order chi connectivity index (χ1) is 14.1. The van der Waals surface area contributed by atoms with Gasteiger partial charge in [0.2, 0.25) is 0 Å². The summed E-state index contributed by atoms with van der Waals surface area (Å²) in [5.41, 5.74) is 2.13. The number of anilines is 1. The lowest BCUT2D eigenvalue weighted by molar-refractivity contribution is 0.0972. The number of nitrogens with zero attached hydrogens (tertiary/aromatic N) is 5. The number of methoxy groups -OCH3 is 1. The minimum absolute atomic E-state index is 0.0697. The lowest BCUT2D eigenvalue weighted by Gasteiger charge is -2.21. The fourth-order valence-electron chi connectivity index (χ4n) is 3.05. The quantitative estimate of drug-likeness (QED) is 0.476. The number of rotatable bonds is 6. The van der Waals surface area contributed by atoms with Gasteiger partial charge in [-0.05, 0) is 50.2 Å². The molecule has 4 aromatic rings. The van der Waals surface area contributed by atoms with Gasteiger partial charge in [0.15, 0.2) is 5.13 Å². The number of hydrogen-bond donors (Lipinski definition) is 0. The zero-order valence-corrected chi connectivity index (χ0v) is 17.3. The Kier molecular flexibility index (Phi) is 5.26. The van der Waals surface area contributed by atoms with Crippen molar-refractivity contribution in [2.75, 3.05) is 12.0 Å². The molecule has 0 aliphatic carbocycles. The first kappa shape index (κ1) is 19.1. The number of amides is 1. The van der Waals surface area contributed by atoms with Crippen LogP contribution in [0.4, 0.5) is 5.13 Å². The number of aromatic nitrogens is 4. The molecular formula is C21H21N5O2S. The van der Waals surface area contributed by atoms with E-state index in [9.17, 15) is 4.79 Å². The predicted molar refractivity (Wildman–Crippen MR) is 114 cm³/mol. The van der Waals surface area contributed by atoms with Gasteiger partial charge in [0.25, 0.3) is 5.91 Å². The number of pyridine rings is 1. The predicted octanol–water partition coefficient (Wildman–Crippen LogP) is 4.32. The topological polar surface area (TPSA) is 73.1 Å². The zero-order chi connectivity index (χ0) is 20.4. The Hall–Kier alpha value is -3.26. The second-order valence-corrected chi connectivity index (χ2v) is 7.81. The number of ether oxygens (including phenoxy) is 1. The third-order valence-corrected chi connectivity index (χ3v) is 5.53. The third-order valence-electron chi connectivity index (χ3n) is 4.49. The molecule has 29 heavy (non-hydrogen) atoms. The molecule has 1 amide bonds. The summed E-state index contributed by atoms with van der Waals surface area (Å²) in [7, 11) is 1.63. The van der Waals surface area contributed by atoms with E-state index in [1.165, 1.54) is 11.3 Å². The van der Waals surface area contributed by atoms with E-state index in [0.717, 1.165) is 21.7 Å². The molecule has 3 heterocycles. The normalized spacial score (nSPS) is 11.2. The van der Waals surface area contributed by atoms with E-state index >= 15 is 0 Å². The van der Waals surface area contributed by atoms with E-state index in [4.69, 9.17) is 9.72 Å². The summed E-state index contributed by atoms with van der Waals surface area (Å²) in [6.45, 7) is 4.31. The average Bonchev–Trinajstić information content (AvgIpc) is 3.38. The van der Waals surface area contributed by atoms with Crippen LogP contribution in [0.5, 0.6) is 5.75 Å². The van der Waals surface area contributed by atoms with Gasteiger partial charge in [-0.2, -0.15) is 5.10 Å². The van der Waals surface area contributed by atoms with Crippen LogP contribution < -0.4 is 9.64 Å². The summed E-state index contributed by atoms with van der Waals surface area (Å²) in [6, 6.07) is 13.2. The maximum absolute atomic E-state index is 13.5. The van der Waals surface area contributed by atoms with Gasteiger partial charge < -0.3 is 4.74 Å². The van der Waals surface area contributed by atoms with E-state index in [2.05, 4.69) is 10.1 Å². The Balaban J connectivity index is 1.78. The second kappa shape index (κ2) is 8.00. The molecule has 7 nitrogen and oxygen atoms in total. The molecule has 4 rings (SSSR count). The van der Waals surface area contributed by atoms with Crippen molar-refractivity contribution < 1.29 is 9.53 Å². The molecule has 148 valence electrons. The highest BCUT2D eigenvalue weighted by atomic mass is 32.1. The highest BCUT2D eigenvalue weighted by molar-refractivity contribution is 7.22. The molecule has 1 aromatic carbocycles. The minimum atomic E-state index is -0.159. The fourth-order valence-corrected chi connectivity index (χ4v) is 4.04. The average molecular weight is 407 g/mol. The first-order valence-electron chi connectivity index (χ1n) is 9.26. The van der Waals surface area contributed by atoms with Gasteiger partial charge in [0.05, 0.1) is 29.6 Å². The van der Waals surface area contributed by atoms with Gasteiger partial charge in [-0.3, -0.25) is 19.4 Å². The van der Waals surface area contributed by atoms with E-state index in [-0.39, 0.29) is 11.9 Å². The molecule has 0 bridgehead atoms. The summed E-state index contributed by atoms with van der Waals surface area (Å²) >= 11 is 1.45. The number of hydrogen-bond acceptors (Lipinski definition) is 6. The SMILES string of the molecule is COc1ccc2nc(N(Cc3ccccn3)C(=O)c3ccnn3C(C)C)sc2c1. The molecule has 0 aliphatic rings. The maximum Gasteiger partial charge on any atom is 0.278 e. The van der Waals surface area contributed by atoms with Crippen LogP contribution in [0.15, 0.2) is 54.9 Å². The van der Waals surface area contributed by atoms with Crippen molar-refractivity contribution in [3.8, 4) is 5.75 Å². The van der Waals surface area contributed by atoms with Crippen molar-refractivity contribution in [1.82, 2.24) is 19.7 Å².